The van der Waals surface area contributed by atoms with Crippen LogP contribution in [0.2, 0.25) is 0 Å². The van der Waals surface area contributed by atoms with E-state index >= 15 is 0 Å². The lowest BCUT2D eigenvalue weighted by molar-refractivity contribution is -0.133. The van der Waals surface area contributed by atoms with Crippen LogP contribution in [0.1, 0.15) is 12.5 Å². The molecule has 18 heavy (non-hydrogen) atoms. The van der Waals surface area contributed by atoms with Crippen molar-refractivity contribution in [2.45, 2.75) is 6.92 Å². The van der Waals surface area contributed by atoms with Crippen LogP contribution in [0.25, 0.3) is 16.7 Å². The third-order valence-corrected chi connectivity index (χ3v) is 2.42. The molecule has 92 valence electrons. The molecule has 0 fully saturated rings. The number of ether oxygens (including phenoxy) is 1. The van der Waals surface area contributed by atoms with Gasteiger partial charge in [-0.3, -0.25) is 4.79 Å². The lowest BCUT2D eigenvalue weighted by Gasteiger charge is -2.06. The van der Waals surface area contributed by atoms with Gasteiger partial charge in [-0.05, 0) is 11.1 Å². The Hall–Kier alpha value is -2.56. The number of rotatable bonds is 3. The van der Waals surface area contributed by atoms with Crippen molar-refractivity contribution < 1.29 is 23.8 Å². The van der Waals surface area contributed by atoms with E-state index in [0.717, 1.165) is 0 Å². The fourth-order valence-corrected chi connectivity index (χ4v) is 1.62. The fraction of sp³-hybridized carbons (Fsp3) is 0.0769. The SMILES string of the molecule is C=C(C(=O)O)c1ccc2coc(OC(C)=O)cc1-2. The van der Waals surface area contributed by atoms with Crippen LogP contribution in [0, 0.1) is 0 Å². The lowest BCUT2D eigenvalue weighted by atomic mass is 10.0. The van der Waals surface area contributed by atoms with Gasteiger partial charge in [-0.2, -0.15) is 0 Å². The van der Waals surface area contributed by atoms with Crippen LogP contribution < -0.4 is 4.74 Å². The van der Waals surface area contributed by atoms with Crippen molar-refractivity contribution in [1.82, 2.24) is 0 Å². The van der Waals surface area contributed by atoms with Crippen LogP contribution in [0.15, 0.2) is 35.5 Å². The van der Waals surface area contributed by atoms with Crippen LogP contribution in [0.5, 0.6) is 5.95 Å². The van der Waals surface area contributed by atoms with Crippen LogP contribution in [0.3, 0.4) is 0 Å². The smallest absolute Gasteiger partial charge is 0.335 e. The van der Waals surface area contributed by atoms with Gasteiger partial charge in [0.25, 0.3) is 5.95 Å². The molecule has 0 bridgehead atoms. The van der Waals surface area contributed by atoms with Gasteiger partial charge in [-0.25, -0.2) is 4.79 Å². The monoisotopic (exact) mass is 246 g/mol. The Morgan fingerprint density at radius 2 is 2.11 bits per heavy atom. The quantitative estimate of drug-likeness (QED) is 0.664. The zero-order valence-corrected chi connectivity index (χ0v) is 9.60. The molecule has 5 nitrogen and oxygen atoms in total. The molecular formula is C13H10O5. The van der Waals surface area contributed by atoms with Crippen molar-refractivity contribution in [3.05, 3.63) is 36.6 Å². The molecule has 1 heterocycles. The highest BCUT2D eigenvalue weighted by molar-refractivity contribution is 6.16. The number of carbonyl (C=O) groups is 2. The van der Waals surface area contributed by atoms with E-state index in [2.05, 4.69) is 6.58 Å². The van der Waals surface area contributed by atoms with Gasteiger partial charge in [0.2, 0.25) is 0 Å². The number of carboxylic acids is 1. The summed E-state index contributed by atoms with van der Waals surface area (Å²) in [5, 5.41) is 8.92. The Morgan fingerprint density at radius 3 is 2.72 bits per heavy atom. The van der Waals surface area contributed by atoms with Crippen molar-refractivity contribution in [3.8, 4) is 17.1 Å². The highest BCUT2D eigenvalue weighted by Gasteiger charge is 2.18. The number of esters is 1. The van der Waals surface area contributed by atoms with Gasteiger partial charge < -0.3 is 14.3 Å². The Morgan fingerprint density at radius 1 is 1.39 bits per heavy atom. The van der Waals surface area contributed by atoms with E-state index in [1.54, 1.807) is 12.1 Å². The molecule has 0 atom stereocenters. The normalized spacial score (nSPS) is 10.3. The molecule has 0 aromatic carbocycles. The second kappa shape index (κ2) is 4.37. The molecule has 5 heteroatoms. The molecule has 2 aliphatic rings. The summed E-state index contributed by atoms with van der Waals surface area (Å²) in [4.78, 5) is 21.7. The Balaban J connectivity index is 2.48. The van der Waals surface area contributed by atoms with Gasteiger partial charge in [0.05, 0.1) is 5.57 Å². The zero-order valence-electron chi connectivity index (χ0n) is 9.60. The first-order valence-electron chi connectivity index (χ1n) is 5.11. The summed E-state index contributed by atoms with van der Waals surface area (Å²) in [5.41, 5.74) is 1.78. The number of carbonyl (C=O) groups excluding carboxylic acids is 1. The maximum Gasteiger partial charge on any atom is 0.335 e. The number of hydrogen-bond donors (Lipinski definition) is 1. The molecule has 1 aliphatic heterocycles. The van der Waals surface area contributed by atoms with E-state index in [0.29, 0.717) is 16.7 Å². The molecule has 0 radical (unpaired) electrons. The topological polar surface area (TPSA) is 76.7 Å². The highest BCUT2D eigenvalue weighted by Crippen LogP contribution is 2.35. The van der Waals surface area contributed by atoms with E-state index in [-0.39, 0.29) is 11.5 Å². The van der Waals surface area contributed by atoms with E-state index in [1.165, 1.54) is 19.3 Å². The first-order valence-corrected chi connectivity index (χ1v) is 5.11. The first-order chi connectivity index (χ1) is 8.49. The molecule has 1 aliphatic carbocycles. The van der Waals surface area contributed by atoms with Crippen LogP contribution in [0.4, 0.5) is 0 Å². The summed E-state index contributed by atoms with van der Waals surface area (Å²) in [5.74, 6) is -1.60. The predicted octanol–water partition coefficient (Wildman–Crippen LogP) is 2.41. The van der Waals surface area contributed by atoms with E-state index in [1.807, 2.05) is 0 Å². The first kappa shape index (κ1) is 11.9. The average molecular weight is 246 g/mol. The minimum atomic E-state index is -1.10. The number of aliphatic carboxylic acids is 1. The maximum absolute atomic E-state index is 10.9. The minimum absolute atomic E-state index is 0.0145. The number of carboxylic acid groups (broad SMARTS) is 1. The molecule has 0 saturated carbocycles. The molecule has 2 rings (SSSR count). The summed E-state index contributed by atoms with van der Waals surface area (Å²) < 4.78 is 9.89. The van der Waals surface area contributed by atoms with Crippen LogP contribution in [-0.4, -0.2) is 17.0 Å². The summed E-state index contributed by atoms with van der Waals surface area (Å²) in [7, 11) is 0. The molecule has 0 aromatic heterocycles. The summed E-state index contributed by atoms with van der Waals surface area (Å²) >= 11 is 0. The fourth-order valence-electron chi connectivity index (χ4n) is 1.62. The number of hydrogen-bond acceptors (Lipinski definition) is 4. The lowest BCUT2D eigenvalue weighted by Crippen LogP contribution is -2.02. The molecule has 0 unspecified atom stereocenters. The van der Waals surface area contributed by atoms with Gasteiger partial charge in [0.1, 0.15) is 6.26 Å². The predicted molar refractivity (Wildman–Crippen MR) is 63.3 cm³/mol. The minimum Gasteiger partial charge on any atom is -0.478 e. The maximum atomic E-state index is 10.9. The second-order valence-electron chi connectivity index (χ2n) is 3.69. The van der Waals surface area contributed by atoms with Gasteiger partial charge in [0.15, 0.2) is 0 Å². The van der Waals surface area contributed by atoms with Gasteiger partial charge in [-0.15, -0.1) is 0 Å². The third-order valence-electron chi connectivity index (χ3n) is 2.42. The molecule has 1 N–H and O–H groups in total. The Labute approximate surface area is 103 Å². The van der Waals surface area contributed by atoms with E-state index < -0.39 is 11.9 Å². The molecule has 0 aromatic rings. The number of fused-ring (bicyclic) bond motifs is 1. The standard InChI is InChI=1S/C13H10O5/c1-7(13(15)16)10-4-3-9-6-17-12(5-11(9)10)18-8(2)14/h3-6H,1H2,2H3,(H,15,16). The van der Waals surface area contributed by atoms with Gasteiger partial charge >= 0.3 is 11.9 Å². The summed E-state index contributed by atoms with van der Waals surface area (Å²) in [6, 6.07) is 4.81. The zero-order chi connectivity index (χ0) is 13.3. The highest BCUT2D eigenvalue weighted by atomic mass is 16.6. The van der Waals surface area contributed by atoms with Gasteiger partial charge in [-0.1, -0.05) is 18.7 Å². The average Bonchev–Trinajstić information content (AvgIpc) is 2.70. The van der Waals surface area contributed by atoms with Gasteiger partial charge in [0, 0.05) is 18.6 Å². The third kappa shape index (κ3) is 2.10. The van der Waals surface area contributed by atoms with Crippen LogP contribution >= 0.6 is 0 Å². The Bertz CT molecular complexity index is 608. The summed E-state index contributed by atoms with van der Waals surface area (Å²) in [6.45, 7) is 4.75. The summed E-state index contributed by atoms with van der Waals surface area (Å²) in [6.07, 6.45) is 1.40. The van der Waals surface area contributed by atoms with Crippen molar-refractivity contribution in [2.24, 2.45) is 0 Å². The van der Waals surface area contributed by atoms with Crippen molar-refractivity contribution in [2.75, 3.05) is 0 Å². The molecule has 0 spiro atoms. The molecular weight excluding hydrogens is 236 g/mol. The molecule has 0 amide bonds. The second-order valence-corrected chi connectivity index (χ2v) is 3.69. The molecule has 0 saturated heterocycles. The van der Waals surface area contributed by atoms with Crippen LogP contribution in [-0.2, 0) is 9.59 Å². The van der Waals surface area contributed by atoms with Crippen molar-refractivity contribution >= 4 is 17.5 Å². The largest absolute Gasteiger partial charge is 0.478 e. The van der Waals surface area contributed by atoms with E-state index in [9.17, 15) is 9.59 Å². The Kier molecular flexibility index (Phi) is 2.89. The van der Waals surface area contributed by atoms with Crippen molar-refractivity contribution in [3.63, 3.8) is 0 Å². The van der Waals surface area contributed by atoms with Crippen molar-refractivity contribution in [1.29, 1.82) is 0 Å². The van der Waals surface area contributed by atoms with E-state index in [4.69, 9.17) is 14.3 Å².